The Morgan fingerprint density at radius 2 is 1.57 bits per heavy atom. The van der Waals surface area contributed by atoms with Crippen LogP contribution in [0.25, 0.3) is 0 Å². The molecule has 0 aliphatic carbocycles. The number of sulfonamides is 1. The molecule has 3 aromatic carbocycles. The largest absolute Gasteiger partial charge is 0.352 e. The van der Waals surface area contributed by atoms with Crippen molar-refractivity contribution in [2.75, 3.05) is 17.1 Å². The molecule has 0 bridgehead atoms. The number of nitrogens with zero attached hydrogens (tertiary/aromatic N) is 2. The number of nitrogens with one attached hydrogen (secondary N) is 1. The van der Waals surface area contributed by atoms with Crippen LogP contribution in [0, 0.1) is 13.8 Å². The third-order valence-electron chi connectivity index (χ3n) is 6.50. The smallest absolute Gasteiger partial charge is 0.264 e. The highest BCUT2D eigenvalue weighted by Crippen LogP contribution is 2.27. The maximum Gasteiger partial charge on any atom is 0.264 e. The Morgan fingerprint density at radius 1 is 0.925 bits per heavy atom. The Kier molecular flexibility index (Phi) is 10.8. The fourth-order valence-corrected chi connectivity index (χ4v) is 6.24. The molecule has 214 valence electrons. The highest BCUT2D eigenvalue weighted by Gasteiger charge is 2.33. The predicted molar refractivity (Wildman–Crippen MR) is 163 cm³/mol. The minimum absolute atomic E-state index is 0.0912. The average Bonchev–Trinajstić information content (AvgIpc) is 2.91. The Hall–Kier alpha value is -3.30. The second-order valence-corrected chi connectivity index (χ2v) is 12.9. The van der Waals surface area contributed by atoms with Gasteiger partial charge < -0.3 is 10.2 Å². The van der Waals surface area contributed by atoms with E-state index in [9.17, 15) is 18.0 Å². The average molecular weight is 582 g/mol. The van der Waals surface area contributed by atoms with E-state index in [2.05, 4.69) is 5.32 Å². The van der Waals surface area contributed by atoms with Crippen molar-refractivity contribution in [1.82, 2.24) is 10.2 Å². The molecule has 1 atom stereocenters. The van der Waals surface area contributed by atoms with Crippen LogP contribution in [0.3, 0.4) is 0 Å². The number of rotatable bonds is 12. The summed E-state index contributed by atoms with van der Waals surface area (Å²) in [4.78, 5) is 29.8. The molecule has 2 amide bonds. The van der Waals surface area contributed by atoms with Crippen LogP contribution in [-0.4, -0.2) is 50.0 Å². The van der Waals surface area contributed by atoms with Crippen molar-refractivity contribution in [2.45, 2.75) is 69.5 Å². The van der Waals surface area contributed by atoms with Crippen molar-refractivity contribution in [3.8, 4) is 0 Å². The molecular formula is C31H39N3O4S2. The first-order chi connectivity index (χ1) is 19.0. The molecule has 0 radical (unpaired) electrons. The van der Waals surface area contributed by atoms with Gasteiger partial charge in [0.2, 0.25) is 11.8 Å². The molecule has 9 heteroatoms. The molecule has 0 fully saturated rings. The van der Waals surface area contributed by atoms with Gasteiger partial charge in [0.1, 0.15) is 12.6 Å². The molecule has 0 unspecified atom stereocenters. The number of benzene rings is 3. The van der Waals surface area contributed by atoms with Crippen LogP contribution in [0.15, 0.2) is 82.6 Å². The number of carbonyl (C=O) groups excluding carboxylic acids is 2. The van der Waals surface area contributed by atoms with Crippen molar-refractivity contribution in [1.29, 1.82) is 0 Å². The maximum atomic E-state index is 14.1. The van der Waals surface area contributed by atoms with Crippen molar-refractivity contribution in [2.24, 2.45) is 0 Å². The zero-order valence-electron chi connectivity index (χ0n) is 24.0. The summed E-state index contributed by atoms with van der Waals surface area (Å²) < 4.78 is 29.1. The Bertz CT molecular complexity index is 1410. The van der Waals surface area contributed by atoms with E-state index in [1.165, 1.54) is 16.7 Å². The fraction of sp³-hybridized carbons (Fsp3) is 0.355. The maximum absolute atomic E-state index is 14.1. The van der Waals surface area contributed by atoms with E-state index in [1.54, 1.807) is 36.4 Å². The molecule has 0 aromatic heterocycles. The van der Waals surface area contributed by atoms with E-state index in [0.717, 1.165) is 25.9 Å². The van der Waals surface area contributed by atoms with Crippen molar-refractivity contribution in [3.05, 3.63) is 89.5 Å². The number of anilines is 1. The van der Waals surface area contributed by atoms with Crippen LogP contribution in [0.4, 0.5) is 5.69 Å². The minimum Gasteiger partial charge on any atom is -0.352 e. The van der Waals surface area contributed by atoms with Gasteiger partial charge in [-0.2, -0.15) is 0 Å². The van der Waals surface area contributed by atoms with Gasteiger partial charge in [0.15, 0.2) is 0 Å². The molecule has 0 aliphatic rings. The normalized spacial score (nSPS) is 12.2. The first-order valence-corrected chi connectivity index (χ1v) is 16.0. The molecule has 0 spiro atoms. The summed E-state index contributed by atoms with van der Waals surface area (Å²) >= 11 is 1.52. The zero-order valence-corrected chi connectivity index (χ0v) is 25.7. The predicted octanol–water partition coefficient (Wildman–Crippen LogP) is 5.55. The number of thioether (sulfide) groups is 1. The van der Waals surface area contributed by atoms with Gasteiger partial charge in [-0.3, -0.25) is 13.9 Å². The van der Waals surface area contributed by atoms with Gasteiger partial charge in [0.25, 0.3) is 10.0 Å². The topological polar surface area (TPSA) is 86.8 Å². The lowest BCUT2D eigenvalue weighted by Crippen LogP contribution is -2.53. The third kappa shape index (κ3) is 7.88. The van der Waals surface area contributed by atoms with E-state index in [0.29, 0.717) is 12.1 Å². The van der Waals surface area contributed by atoms with Gasteiger partial charge in [-0.15, -0.1) is 11.8 Å². The number of carbonyl (C=O) groups is 2. The van der Waals surface area contributed by atoms with Crippen molar-refractivity contribution < 1.29 is 18.0 Å². The van der Waals surface area contributed by atoms with E-state index in [-0.39, 0.29) is 23.4 Å². The van der Waals surface area contributed by atoms with Crippen LogP contribution in [0.5, 0.6) is 0 Å². The molecule has 40 heavy (non-hydrogen) atoms. The van der Waals surface area contributed by atoms with E-state index in [1.807, 2.05) is 77.3 Å². The van der Waals surface area contributed by atoms with Crippen molar-refractivity contribution in [3.63, 3.8) is 0 Å². The molecule has 0 heterocycles. The van der Waals surface area contributed by atoms with Crippen molar-refractivity contribution >= 4 is 39.3 Å². The van der Waals surface area contributed by atoms with E-state index in [4.69, 9.17) is 0 Å². The van der Waals surface area contributed by atoms with Gasteiger partial charge in [0, 0.05) is 17.5 Å². The molecule has 0 saturated carbocycles. The summed E-state index contributed by atoms with van der Waals surface area (Å²) in [6, 6.07) is 20.5. The second kappa shape index (κ2) is 13.9. The first kappa shape index (κ1) is 31.2. The van der Waals surface area contributed by atoms with Gasteiger partial charge in [0.05, 0.1) is 10.6 Å². The Morgan fingerprint density at radius 3 is 2.12 bits per heavy atom. The molecule has 0 aliphatic heterocycles. The van der Waals surface area contributed by atoms with Crippen LogP contribution in [0.1, 0.15) is 43.9 Å². The van der Waals surface area contributed by atoms with Gasteiger partial charge in [-0.25, -0.2) is 8.42 Å². The highest BCUT2D eigenvalue weighted by molar-refractivity contribution is 7.98. The molecule has 0 saturated heterocycles. The second-order valence-electron chi connectivity index (χ2n) is 10.1. The molecular weight excluding hydrogens is 542 g/mol. The number of hydrogen-bond acceptors (Lipinski definition) is 5. The lowest BCUT2D eigenvalue weighted by molar-refractivity contribution is -0.140. The SMILES string of the molecule is CC[C@H](C(=O)NC(C)C)N(Cc1cccc(C)c1)C(=O)CN(c1ccc(C)cc1)S(=O)(=O)c1ccc(SC)cc1. The highest BCUT2D eigenvalue weighted by atomic mass is 32.2. The molecule has 3 rings (SSSR count). The summed E-state index contributed by atoms with van der Waals surface area (Å²) in [6.45, 7) is 9.19. The lowest BCUT2D eigenvalue weighted by Gasteiger charge is -2.33. The summed E-state index contributed by atoms with van der Waals surface area (Å²) in [5, 5.41) is 2.92. The molecule has 7 nitrogen and oxygen atoms in total. The zero-order chi connectivity index (χ0) is 29.4. The van der Waals surface area contributed by atoms with Crippen LogP contribution in [0.2, 0.25) is 0 Å². The van der Waals surface area contributed by atoms with Gasteiger partial charge >= 0.3 is 0 Å². The quantitative estimate of drug-likeness (QED) is 0.283. The number of aryl methyl sites for hydroxylation is 2. The summed E-state index contributed by atoms with van der Waals surface area (Å²) in [5.74, 6) is -0.729. The van der Waals surface area contributed by atoms with Crippen LogP contribution in [-0.2, 0) is 26.2 Å². The standard InChI is InChI=1S/C31H39N3O4S2/c1-7-29(31(36)32-22(2)3)33(20-25-10-8-9-24(5)19-25)30(35)21-34(26-13-11-23(4)12-14-26)40(37,38)28-17-15-27(39-6)16-18-28/h8-19,22,29H,7,20-21H2,1-6H3,(H,32,36)/t29-/m1/s1. The Balaban J connectivity index is 2.06. The lowest BCUT2D eigenvalue weighted by atomic mass is 10.1. The first-order valence-electron chi connectivity index (χ1n) is 13.3. The minimum atomic E-state index is -4.10. The van der Waals surface area contributed by atoms with Gasteiger partial charge in [-0.1, -0.05) is 54.4 Å². The summed E-state index contributed by atoms with van der Waals surface area (Å²) in [6.07, 6.45) is 2.30. The van der Waals surface area contributed by atoms with E-state index >= 15 is 0 Å². The third-order valence-corrected chi connectivity index (χ3v) is 9.03. The Labute approximate surface area is 243 Å². The van der Waals surface area contributed by atoms with Gasteiger partial charge in [-0.05, 0) is 82.3 Å². The number of amides is 2. The monoisotopic (exact) mass is 581 g/mol. The molecule has 1 N–H and O–H groups in total. The van der Waals surface area contributed by atoms with E-state index < -0.39 is 28.5 Å². The summed E-state index contributed by atoms with van der Waals surface area (Å²) in [7, 11) is -4.10. The molecule has 3 aromatic rings. The fourth-order valence-electron chi connectivity index (χ4n) is 4.42. The number of hydrogen-bond donors (Lipinski definition) is 1. The van der Waals surface area contributed by atoms with Crippen LogP contribution >= 0.6 is 11.8 Å². The van der Waals surface area contributed by atoms with Crippen LogP contribution < -0.4 is 9.62 Å². The summed E-state index contributed by atoms with van der Waals surface area (Å²) in [5.41, 5.74) is 3.24.